The second-order valence-corrected chi connectivity index (χ2v) is 9.43. The van der Waals surface area contributed by atoms with Crippen molar-refractivity contribution in [1.29, 1.82) is 0 Å². The van der Waals surface area contributed by atoms with Gasteiger partial charge in [-0.1, -0.05) is 11.6 Å². The van der Waals surface area contributed by atoms with Gasteiger partial charge in [0.25, 0.3) is 10.0 Å². The summed E-state index contributed by atoms with van der Waals surface area (Å²) in [5.41, 5.74) is 0. The maximum absolute atomic E-state index is 12.8. The molecule has 1 aromatic heterocycles. The van der Waals surface area contributed by atoms with Crippen LogP contribution in [0.3, 0.4) is 0 Å². The Morgan fingerprint density at radius 2 is 1.86 bits per heavy atom. The van der Waals surface area contributed by atoms with Gasteiger partial charge in [0.2, 0.25) is 0 Å². The molecule has 2 aliphatic heterocycles. The highest BCUT2D eigenvalue weighted by Gasteiger charge is 2.41. The smallest absolute Gasteiger partial charge is 0.252 e. The second kappa shape index (κ2) is 5.92. The molecule has 1 N–H and O–H groups in total. The van der Waals surface area contributed by atoms with E-state index >= 15 is 0 Å². The Morgan fingerprint density at radius 1 is 1.18 bits per heavy atom. The molecule has 2 aliphatic rings. The maximum atomic E-state index is 12.8. The van der Waals surface area contributed by atoms with E-state index in [4.69, 9.17) is 11.6 Å². The van der Waals surface area contributed by atoms with Crippen LogP contribution in [0.4, 0.5) is 0 Å². The number of benzene rings is 1. The summed E-state index contributed by atoms with van der Waals surface area (Å²) in [5, 5.41) is 4.86. The van der Waals surface area contributed by atoms with Crippen LogP contribution in [0.5, 0.6) is 0 Å². The first kappa shape index (κ1) is 16.5. The molecule has 2 atom stereocenters. The lowest BCUT2D eigenvalue weighted by Crippen LogP contribution is -2.31. The highest BCUT2D eigenvalue weighted by Crippen LogP contribution is 2.36. The summed E-state index contributed by atoms with van der Waals surface area (Å²) in [4.78, 5) is 0. The molecule has 0 unspecified atom stereocenters. The van der Waals surface area contributed by atoms with E-state index in [9.17, 15) is 8.42 Å². The minimum absolute atomic E-state index is 0. The fourth-order valence-corrected chi connectivity index (χ4v) is 6.52. The Kier molecular flexibility index (Phi) is 4.44. The number of halogens is 2. The third-order valence-corrected chi connectivity index (χ3v) is 8.04. The summed E-state index contributed by atoms with van der Waals surface area (Å²) < 4.78 is 28.6. The van der Waals surface area contributed by atoms with Crippen LogP contribution in [-0.2, 0) is 10.0 Å². The summed E-state index contributed by atoms with van der Waals surface area (Å²) in [6, 6.07) is 7.23. The topological polar surface area (TPSA) is 49.4 Å². The Labute approximate surface area is 144 Å². The zero-order valence-corrected chi connectivity index (χ0v) is 14.9. The molecule has 2 aromatic rings. The lowest BCUT2D eigenvalue weighted by atomic mass is 10.0. The molecule has 0 amide bonds. The van der Waals surface area contributed by atoms with E-state index < -0.39 is 10.0 Å². The van der Waals surface area contributed by atoms with Crippen molar-refractivity contribution in [2.45, 2.75) is 4.21 Å². The van der Waals surface area contributed by atoms with E-state index in [0.717, 1.165) is 23.2 Å². The molecule has 4 rings (SSSR count). The van der Waals surface area contributed by atoms with E-state index in [2.05, 4.69) is 5.32 Å². The number of fused-ring (bicyclic) bond motifs is 2. The average molecular weight is 379 g/mol. The van der Waals surface area contributed by atoms with Crippen LogP contribution in [0, 0.1) is 11.8 Å². The minimum Gasteiger partial charge on any atom is -0.316 e. The van der Waals surface area contributed by atoms with Gasteiger partial charge in [-0.05, 0) is 54.6 Å². The molecule has 2 fully saturated rings. The van der Waals surface area contributed by atoms with Crippen LogP contribution in [0.2, 0.25) is 5.02 Å². The van der Waals surface area contributed by atoms with Gasteiger partial charge < -0.3 is 5.32 Å². The van der Waals surface area contributed by atoms with Gasteiger partial charge in [-0.25, -0.2) is 8.42 Å². The number of rotatable bonds is 2. The van der Waals surface area contributed by atoms with Crippen molar-refractivity contribution >= 4 is 55.5 Å². The summed E-state index contributed by atoms with van der Waals surface area (Å²) in [6.45, 7) is 3.13. The summed E-state index contributed by atoms with van der Waals surface area (Å²) >= 11 is 7.30. The molecule has 120 valence electrons. The fourth-order valence-electron chi connectivity index (χ4n) is 3.25. The number of hydrogen-bond donors (Lipinski definition) is 1. The third kappa shape index (κ3) is 2.66. The molecule has 22 heavy (non-hydrogen) atoms. The molecular formula is C14H16Cl2N2O2S2. The van der Waals surface area contributed by atoms with E-state index in [1.807, 2.05) is 12.1 Å². The van der Waals surface area contributed by atoms with Gasteiger partial charge in [0.1, 0.15) is 4.21 Å². The van der Waals surface area contributed by atoms with Crippen LogP contribution in [0.15, 0.2) is 28.5 Å². The Bertz CT molecular complexity index is 794. The first-order valence-corrected chi connectivity index (χ1v) is 9.57. The molecule has 4 nitrogen and oxygen atoms in total. The van der Waals surface area contributed by atoms with Crippen molar-refractivity contribution in [3.8, 4) is 0 Å². The van der Waals surface area contributed by atoms with Gasteiger partial charge in [-0.15, -0.1) is 23.7 Å². The van der Waals surface area contributed by atoms with Crippen molar-refractivity contribution in [1.82, 2.24) is 9.62 Å². The highest BCUT2D eigenvalue weighted by molar-refractivity contribution is 7.91. The number of nitrogens with zero attached hydrogens (tertiary/aromatic N) is 1. The van der Waals surface area contributed by atoms with Crippen LogP contribution in [0.1, 0.15) is 0 Å². The quantitative estimate of drug-likeness (QED) is 0.873. The van der Waals surface area contributed by atoms with Crippen molar-refractivity contribution in [3.05, 3.63) is 29.3 Å². The molecule has 0 bridgehead atoms. The number of thiophene rings is 1. The summed E-state index contributed by atoms with van der Waals surface area (Å²) in [6.07, 6.45) is 0. The average Bonchev–Trinajstić information content (AvgIpc) is 3.11. The van der Waals surface area contributed by atoms with Gasteiger partial charge in [0.05, 0.1) is 0 Å². The normalized spacial score (nSPS) is 25.3. The number of nitrogens with one attached hydrogen (secondary N) is 1. The van der Waals surface area contributed by atoms with Crippen LogP contribution < -0.4 is 5.32 Å². The Balaban J connectivity index is 0.00000144. The standard InChI is InChI=1S/C14H15ClN2O2S2.ClH/c15-12-1-2-13-9(3-12)4-14(20-13)21(18,19)17-7-10-5-16-6-11(10)8-17;/h1-4,10-11,16H,5-8H2;1H/t10-,11+;. The van der Waals surface area contributed by atoms with E-state index in [0.29, 0.717) is 34.2 Å². The lowest BCUT2D eigenvalue weighted by Gasteiger charge is -2.15. The molecule has 8 heteroatoms. The largest absolute Gasteiger partial charge is 0.316 e. The predicted molar refractivity (Wildman–Crippen MR) is 92.7 cm³/mol. The molecule has 1 aromatic carbocycles. The third-order valence-electron chi connectivity index (χ3n) is 4.41. The van der Waals surface area contributed by atoms with E-state index in [-0.39, 0.29) is 12.4 Å². The molecule has 0 aliphatic carbocycles. The highest BCUT2D eigenvalue weighted by atomic mass is 35.5. The molecule has 0 saturated carbocycles. The van der Waals surface area contributed by atoms with Gasteiger partial charge in [-0.2, -0.15) is 4.31 Å². The number of hydrogen-bond acceptors (Lipinski definition) is 4. The van der Waals surface area contributed by atoms with E-state index in [1.165, 1.54) is 11.3 Å². The fraction of sp³-hybridized carbons (Fsp3) is 0.429. The molecule has 3 heterocycles. The predicted octanol–water partition coefficient (Wildman–Crippen LogP) is 2.82. The molecule has 2 saturated heterocycles. The van der Waals surface area contributed by atoms with Gasteiger partial charge in [0.15, 0.2) is 0 Å². The molecule has 0 spiro atoms. The van der Waals surface area contributed by atoms with Crippen LogP contribution in [0.25, 0.3) is 10.1 Å². The Hall–Kier alpha value is -0.370. The van der Waals surface area contributed by atoms with Crippen LogP contribution in [-0.4, -0.2) is 38.9 Å². The second-order valence-electron chi connectivity index (χ2n) is 5.75. The minimum atomic E-state index is -3.37. The number of sulfonamides is 1. The monoisotopic (exact) mass is 378 g/mol. The Morgan fingerprint density at radius 3 is 2.55 bits per heavy atom. The SMILES string of the molecule is Cl.O=S(=O)(c1cc2cc(Cl)ccc2s1)N1C[C@H]2CNC[C@H]2C1. The van der Waals surface area contributed by atoms with Crippen LogP contribution >= 0.6 is 35.3 Å². The van der Waals surface area contributed by atoms with E-state index in [1.54, 1.807) is 16.4 Å². The van der Waals surface area contributed by atoms with Gasteiger partial charge >= 0.3 is 0 Å². The van der Waals surface area contributed by atoms with Gasteiger partial charge in [0, 0.05) is 22.8 Å². The lowest BCUT2D eigenvalue weighted by molar-refractivity contribution is 0.449. The maximum Gasteiger partial charge on any atom is 0.252 e. The molecule has 0 radical (unpaired) electrons. The first-order chi connectivity index (χ1) is 10.0. The van der Waals surface area contributed by atoms with Crippen molar-refractivity contribution in [2.75, 3.05) is 26.2 Å². The zero-order valence-electron chi connectivity index (χ0n) is 11.7. The van der Waals surface area contributed by atoms with Gasteiger partial charge in [-0.3, -0.25) is 0 Å². The van der Waals surface area contributed by atoms with Crippen molar-refractivity contribution in [3.63, 3.8) is 0 Å². The molecular weight excluding hydrogens is 363 g/mol. The van der Waals surface area contributed by atoms with Crippen molar-refractivity contribution < 1.29 is 8.42 Å². The summed E-state index contributed by atoms with van der Waals surface area (Å²) in [7, 11) is -3.37. The first-order valence-electron chi connectivity index (χ1n) is 6.94. The zero-order chi connectivity index (χ0) is 14.6. The van der Waals surface area contributed by atoms with Crippen molar-refractivity contribution in [2.24, 2.45) is 11.8 Å². The summed E-state index contributed by atoms with van der Waals surface area (Å²) in [5.74, 6) is 0.923.